The largest absolute Gasteiger partial charge is 0.508 e. The van der Waals surface area contributed by atoms with Crippen LogP contribution in [-0.2, 0) is 0 Å². The molecule has 0 aliphatic rings. The first-order valence-corrected chi connectivity index (χ1v) is 7.19. The maximum atomic E-state index is 12.2. The highest BCUT2D eigenvalue weighted by Crippen LogP contribution is 2.26. The Morgan fingerprint density at radius 3 is 2.52 bits per heavy atom. The van der Waals surface area contributed by atoms with E-state index in [1.54, 1.807) is 37.3 Å². The van der Waals surface area contributed by atoms with E-state index in [-0.39, 0.29) is 17.7 Å². The van der Waals surface area contributed by atoms with Crippen LogP contribution >= 0.6 is 23.2 Å². The van der Waals surface area contributed by atoms with Crippen LogP contribution in [-0.4, -0.2) is 11.0 Å². The van der Waals surface area contributed by atoms with E-state index in [2.05, 4.69) is 5.32 Å². The van der Waals surface area contributed by atoms with Crippen LogP contribution in [0.5, 0.6) is 5.75 Å². The molecule has 2 aromatic rings. The van der Waals surface area contributed by atoms with Crippen molar-refractivity contribution >= 4 is 29.1 Å². The molecule has 0 saturated carbocycles. The standard InChI is InChI=1S/C16H15Cl2NO2/c1-9-3-4-11(7-15(9)20)16(21)19-10(2)13-6-5-12(17)8-14(13)18/h3-8,10,20H,1-2H3,(H,19,21). The number of rotatable bonds is 3. The Labute approximate surface area is 133 Å². The number of hydrogen-bond donors (Lipinski definition) is 2. The molecule has 5 heteroatoms. The number of aryl methyl sites for hydroxylation is 1. The predicted octanol–water partition coefficient (Wildman–Crippen LogP) is 4.50. The fourth-order valence-corrected chi connectivity index (χ4v) is 2.53. The second-order valence-electron chi connectivity index (χ2n) is 4.86. The minimum absolute atomic E-state index is 0.0971. The van der Waals surface area contributed by atoms with E-state index in [1.165, 1.54) is 6.07 Å². The zero-order chi connectivity index (χ0) is 15.6. The number of phenolic OH excluding ortho intramolecular Hbond substituents is 1. The molecular formula is C16H15Cl2NO2. The molecule has 1 unspecified atom stereocenters. The van der Waals surface area contributed by atoms with Crippen molar-refractivity contribution < 1.29 is 9.90 Å². The van der Waals surface area contributed by atoms with Crippen molar-refractivity contribution in [2.24, 2.45) is 0 Å². The average molecular weight is 324 g/mol. The Morgan fingerprint density at radius 2 is 1.90 bits per heavy atom. The molecule has 2 rings (SSSR count). The van der Waals surface area contributed by atoms with Gasteiger partial charge in [0.1, 0.15) is 5.75 Å². The second kappa shape index (κ2) is 6.37. The number of amides is 1. The van der Waals surface area contributed by atoms with Gasteiger partial charge in [0.15, 0.2) is 0 Å². The van der Waals surface area contributed by atoms with E-state index < -0.39 is 0 Å². The first kappa shape index (κ1) is 15.7. The SMILES string of the molecule is Cc1ccc(C(=O)NC(C)c2ccc(Cl)cc2Cl)cc1O. The molecule has 0 aliphatic heterocycles. The quantitative estimate of drug-likeness (QED) is 0.873. The van der Waals surface area contributed by atoms with Gasteiger partial charge in [-0.1, -0.05) is 35.3 Å². The van der Waals surface area contributed by atoms with Gasteiger partial charge in [0, 0.05) is 15.6 Å². The summed E-state index contributed by atoms with van der Waals surface area (Å²) >= 11 is 12.0. The number of benzene rings is 2. The fourth-order valence-electron chi connectivity index (χ4n) is 1.96. The van der Waals surface area contributed by atoms with Crippen LogP contribution in [0.4, 0.5) is 0 Å². The summed E-state index contributed by atoms with van der Waals surface area (Å²) in [6.45, 7) is 3.61. The van der Waals surface area contributed by atoms with Gasteiger partial charge >= 0.3 is 0 Å². The molecule has 0 fully saturated rings. The van der Waals surface area contributed by atoms with E-state index in [0.29, 0.717) is 15.6 Å². The molecule has 0 spiro atoms. The Balaban J connectivity index is 2.16. The number of halogens is 2. The van der Waals surface area contributed by atoms with Gasteiger partial charge in [-0.2, -0.15) is 0 Å². The summed E-state index contributed by atoms with van der Waals surface area (Å²) in [6, 6.07) is 9.68. The van der Waals surface area contributed by atoms with Crippen LogP contribution in [0.2, 0.25) is 10.0 Å². The summed E-state index contributed by atoms with van der Waals surface area (Å²) in [6.07, 6.45) is 0. The second-order valence-corrected chi connectivity index (χ2v) is 5.71. The van der Waals surface area contributed by atoms with Crippen LogP contribution in [0.25, 0.3) is 0 Å². The van der Waals surface area contributed by atoms with E-state index >= 15 is 0 Å². The van der Waals surface area contributed by atoms with E-state index in [0.717, 1.165) is 11.1 Å². The van der Waals surface area contributed by atoms with Crippen molar-refractivity contribution in [3.05, 3.63) is 63.1 Å². The van der Waals surface area contributed by atoms with Gasteiger partial charge < -0.3 is 10.4 Å². The lowest BCUT2D eigenvalue weighted by atomic mass is 10.1. The van der Waals surface area contributed by atoms with Crippen molar-refractivity contribution in [1.29, 1.82) is 0 Å². The topological polar surface area (TPSA) is 49.3 Å². The molecule has 0 heterocycles. The van der Waals surface area contributed by atoms with Crippen molar-refractivity contribution in [3.8, 4) is 5.75 Å². The number of aromatic hydroxyl groups is 1. The summed E-state index contributed by atoms with van der Waals surface area (Å²) in [5, 5.41) is 13.5. The first-order chi connectivity index (χ1) is 9.88. The van der Waals surface area contributed by atoms with Crippen LogP contribution < -0.4 is 5.32 Å². The lowest BCUT2D eigenvalue weighted by molar-refractivity contribution is 0.0939. The number of carbonyl (C=O) groups is 1. The summed E-state index contributed by atoms with van der Waals surface area (Å²) < 4.78 is 0. The molecule has 3 nitrogen and oxygen atoms in total. The third-order valence-corrected chi connectivity index (χ3v) is 3.81. The minimum atomic E-state index is -0.274. The van der Waals surface area contributed by atoms with E-state index in [1.807, 2.05) is 6.92 Å². The predicted molar refractivity (Wildman–Crippen MR) is 85.2 cm³/mol. The molecule has 2 aromatic carbocycles. The maximum Gasteiger partial charge on any atom is 0.251 e. The lowest BCUT2D eigenvalue weighted by Crippen LogP contribution is -2.26. The molecule has 1 atom stereocenters. The summed E-state index contributed by atoms with van der Waals surface area (Å²) in [5.74, 6) is -0.177. The van der Waals surface area contributed by atoms with Crippen molar-refractivity contribution in [3.63, 3.8) is 0 Å². The smallest absolute Gasteiger partial charge is 0.251 e. The highest BCUT2D eigenvalue weighted by atomic mass is 35.5. The van der Waals surface area contributed by atoms with Gasteiger partial charge in [-0.15, -0.1) is 0 Å². The molecule has 0 aliphatic carbocycles. The summed E-state index contributed by atoms with van der Waals surface area (Å²) in [5.41, 5.74) is 1.90. The highest BCUT2D eigenvalue weighted by molar-refractivity contribution is 6.35. The minimum Gasteiger partial charge on any atom is -0.508 e. The maximum absolute atomic E-state index is 12.2. The Kier molecular flexibility index (Phi) is 4.76. The molecule has 2 N–H and O–H groups in total. The normalized spacial score (nSPS) is 12.0. The number of phenols is 1. The van der Waals surface area contributed by atoms with E-state index in [4.69, 9.17) is 23.2 Å². The molecule has 0 bridgehead atoms. The lowest BCUT2D eigenvalue weighted by Gasteiger charge is -2.16. The molecular weight excluding hydrogens is 309 g/mol. The Morgan fingerprint density at radius 1 is 1.19 bits per heavy atom. The van der Waals surface area contributed by atoms with Crippen LogP contribution in [0.1, 0.15) is 34.5 Å². The average Bonchev–Trinajstić information content (AvgIpc) is 2.41. The molecule has 21 heavy (non-hydrogen) atoms. The first-order valence-electron chi connectivity index (χ1n) is 6.44. The van der Waals surface area contributed by atoms with Gasteiger partial charge in [0.05, 0.1) is 6.04 Å². The highest BCUT2D eigenvalue weighted by Gasteiger charge is 2.15. The van der Waals surface area contributed by atoms with Crippen LogP contribution in [0, 0.1) is 6.92 Å². The summed E-state index contributed by atoms with van der Waals surface area (Å²) in [4.78, 5) is 12.2. The number of carbonyl (C=O) groups excluding carboxylic acids is 1. The Bertz CT molecular complexity index is 686. The van der Waals surface area contributed by atoms with Gasteiger partial charge in [-0.3, -0.25) is 4.79 Å². The van der Waals surface area contributed by atoms with Gasteiger partial charge in [-0.25, -0.2) is 0 Å². The monoisotopic (exact) mass is 323 g/mol. The molecule has 110 valence electrons. The van der Waals surface area contributed by atoms with Crippen LogP contribution in [0.3, 0.4) is 0 Å². The zero-order valence-corrected chi connectivity index (χ0v) is 13.2. The molecule has 0 saturated heterocycles. The van der Waals surface area contributed by atoms with Crippen molar-refractivity contribution in [2.45, 2.75) is 19.9 Å². The zero-order valence-electron chi connectivity index (χ0n) is 11.7. The van der Waals surface area contributed by atoms with Gasteiger partial charge in [0.25, 0.3) is 5.91 Å². The third kappa shape index (κ3) is 3.69. The molecule has 0 aromatic heterocycles. The number of hydrogen-bond acceptors (Lipinski definition) is 2. The molecule has 0 radical (unpaired) electrons. The molecule has 1 amide bonds. The van der Waals surface area contributed by atoms with Crippen molar-refractivity contribution in [1.82, 2.24) is 5.32 Å². The van der Waals surface area contributed by atoms with E-state index in [9.17, 15) is 9.90 Å². The fraction of sp³-hybridized carbons (Fsp3) is 0.188. The van der Waals surface area contributed by atoms with Crippen molar-refractivity contribution in [2.75, 3.05) is 0 Å². The van der Waals surface area contributed by atoms with Gasteiger partial charge in [-0.05, 0) is 49.2 Å². The third-order valence-electron chi connectivity index (χ3n) is 3.25. The Hall–Kier alpha value is -1.71. The van der Waals surface area contributed by atoms with Crippen LogP contribution in [0.15, 0.2) is 36.4 Å². The summed E-state index contributed by atoms with van der Waals surface area (Å²) in [7, 11) is 0. The number of nitrogens with one attached hydrogen (secondary N) is 1. The van der Waals surface area contributed by atoms with Gasteiger partial charge in [0.2, 0.25) is 0 Å².